The number of hydrogen-bond donors (Lipinski definition) is 1. The fourth-order valence-electron chi connectivity index (χ4n) is 3.91. The first-order valence-electron chi connectivity index (χ1n) is 9.43. The van der Waals surface area contributed by atoms with Crippen LogP contribution in [-0.4, -0.2) is 39.2 Å². The Labute approximate surface area is 174 Å². The van der Waals surface area contributed by atoms with Crippen molar-refractivity contribution in [2.24, 2.45) is 0 Å². The summed E-state index contributed by atoms with van der Waals surface area (Å²) in [5.74, 6) is 0.356. The molecule has 1 atom stereocenters. The summed E-state index contributed by atoms with van der Waals surface area (Å²) in [5, 5.41) is 4.98. The zero-order valence-corrected chi connectivity index (χ0v) is 17.7. The Bertz CT molecular complexity index is 1070. The molecule has 6 nitrogen and oxygen atoms in total. The number of rotatable bonds is 4. The lowest BCUT2D eigenvalue weighted by atomic mass is 10.1. The average molecular weight is 433 g/mol. The van der Waals surface area contributed by atoms with Gasteiger partial charge in [-0.25, -0.2) is 4.98 Å². The van der Waals surface area contributed by atoms with Gasteiger partial charge in [0.05, 0.1) is 28.0 Å². The molecule has 1 fully saturated rings. The van der Waals surface area contributed by atoms with E-state index in [9.17, 15) is 9.59 Å². The van der Waals surface area contributed by atoms with Gasteiger partial charge in [0, 0.05) is 11.4 Å². The molecule has 0 aliphatic carbocycles. The number of hydrogen-bond acceptors (Lipinski definition) is 7. The highest BCUT2D eigenvalue weighted by Gasteiger charge is 2.26. The minimum Gasteiger partial charge on any atom is -0.322 e. The summed E-state index contributed by atoms with van der Waals surface area (Å²) in [7, 11) is 0. The molecule has 0 unspecified atom stereocenters. The van der Waals surface area contributed by atoms with Gasteiger partial charge in [0.25, 0.3) is 5.56 Å². The standard InChI is InChI=1S/C19H20N4O2S3/c24-14-10-27-19-16(21-14)15-17(28-19)18(25)23(11-20-15)9-12(13-5-4-8-26-13)22-6-2-1-3-7-22/h4-5,8,11-12H,1-3,6-7,9-10H2,(H,21,24)/t12-/m0/s1. The largest absolute Gasteiger partial charge is 0.322 e. The highest BCUT2D eigenvalue weighted by molar-refractivity contribution is 8.02. The van der Waals surface area contributed by atoms with Gasteiger partial charge in [0.15, 0.2) is 0 Å². The number of nitrogens with one attached hydrogen (secondary N) is 1. The van der Waals surface area contributed by atoms with Crippen LogP contribution in [0, 0.1) is 0 Å². The van der Waals surface area contributed by atoms with Crippen LogP contribution in [0.4, 0.5) is 5.69 Å². The Hall–Kier alpha value is -1.68. The number of fused-ring (bicyclic) bond motifs is 3. The van der Waals surface area contributed by atoms with E-state index < -0.39 is 0 Å². The molecule has 28 heavy (non-hydrogen) atoms. The molecule has 1 saturated heterocycles. The van der Waals surface area contributed by atoms with Gasteiger partial charge >= 0.3 is 0 Å². The molecule has 0 saturated carbocycles. The molecule has 3 aromatic rings. The number of aromatic nitrogens is 2. The highest BCUT2D eigenvalue weighted by atomic mass is 32.2. The number of amides is 1. The summed E-state index contributed by atoms with van der Waals surface area (Å²) in [6.45, 7) is 2.75. The number of carbonyl (C=O) groups excluding carboxylic acids is 1. The van der Waals surface area contributed by atoms with Crippen LogP contribution < -0.4 is 10.9 Å². The first-order valence-corrected chi connectivity index (χ1v) is 12.1. The third-order valence-corrected chi connectivity index (χ3v) is 8.72. The Morgan fingerprint density at radius 3 is 2.86 bits per heavy atom. The second-order valence-corrected chi connectivity index (χ2v) is 10.4. The van der Waals surface area contributed by atoms with Gasteiger partial charge in [-0.2, -0.15) is 0 Å². The molecule has 3 aromatic heterocycles. The van der Waals surface area contributed by atoms with Crippen LogP contribution in [0.5, 0.6) is 0 Å². The van der Waals surface area contributed by atoms with Crippen molar-refractivity contribution in [3.05, 3.63) is 39.1 Å². The zero-order chi connectivity index (χ0) is 19.1. The molecule has 2 aliphatic heterocycles. The van der Waals surface area contributed by atoms with Crippen molar-refractivity contribution < 1.29 is 4.79 Å². The van der Waals surface area contributed by atoms with Crippen LogP contribution in [-0.2, 0) is 11.3 Å². The van der Waals surface area contributed by atoms with Gasteiger partial charge < -0.3 is 5.32 Å². The molecule has 0 aromatic carbocycles. The molecule has 0 radical (unpaired) electrons. The van der Waals surface area contributed by atoms with Gasteiger partial charge in [-0.3, -0.25) is 19.1 Å². The number of thioether (sulfide) groups is 1. The molecule has 5 heterocycles. The summed E-state index contributed by atoms with van der Waals surface area (Å²) in [6, 6.07) is 4.44. The third-order valence-electron chi connectivity index (χ3n) is 5.30. The van der Waals surface area contributed by atoms with Crippen molar-refractivity contribution in [3.8, 4) is 0 Å². The van der Waals surface area contributed by atoms with Crippen LogP contribution in [0.15, 0.2) is 32.8 Å². The van der Waals surface area contributed by atoms with Gasteiger partial charge in [-0.05, 0) is 37.4 Å². The van der Waals surface area contributed by atoms with Crippen LogP contribution >= 0.6 is 34.4 Å². The monoisotopic (exact) mass is 432 g/mol. The Morgan fingerprint density at radius 1 is 1.21 bits per heavy atom. The van der Waals surface area contributed by atoms with E-state index in [2.05, 4.69) is 32.7 Å². The van der Waals surface area contributed by atoms with Crippen molar-refractivity contribution in [2.75, 3.05) is 24.2 Å². The summed E-state index contributed by atoms with van der Waals surface area (Å²) in [5.41, 5.74) is 1.31. The second-order valence-electron chi connectivity index (χ2n) is 7.11. The normalized spacial score (nSPS) is 18.8. The van der Waals surface area contributed by atoms with E-state index in [1.165, 1.54) is 47.2 Å². The van der Waals surface area contributed by atoms with Crippen molar-refractivity contribution in [2.45, 2.75) is 36.1 Å². The van der Waals surface area contributed by atoms with E-state index in [4.69, 9.17) is 0 Å². The average Bonchev–Trinajstić information content (AvgIpc) is 3.36. The molecule has 1 N–H and O–H groups in total. The smallest absolute Gasteiger partial charge is 0.271 e. The van der Waals surface area contributed by atoms with E-state index in [-0.39, 0.29) is 17.5 Å². The Morgan fingerprint density at radius 2 is 2.07 bits per heavy atom. The van der Waals surface area contributed by atoms with E-state index in [1.807, 2.05) is 0 Å². The minimum atomic E-state index is -0.0361. The number of likely N-dealkylation sites (tertiary alicyclic amines) is 1. The fourth-order valence-corrected chi connectivity index (χ4v) is 6.94. The molecule has 1 amide bonds. The fraction of sp³-hybridized carbons (Fsp3) is 0.421. The highest BCUT2D eigenvalue weighted by Crippen LogP contribution is 2.42. The maximum Gasteiger partial charge on any atom is 0.271 e. The van der Waals surface area contributed by atoms with Crippen molar-refractivity contribution in [3.63, 3.8) is 0 Å². The first kappa shape index (κ1) is 18.4. The quantitative estimate of drug-likeness (QED) is 0.679. The lowest BCUT2D eigenvalue weighted by Crippen LogP contribution is -2.37. The van der Waals surface area contributed by atoms with Gasteiger partial charge in [-0.1, -0.05) is 12.5 Å². The predicted molar refractivity (Wildman–Crippen MR) is 116 cm³/mol. The third kappa shape index (κ3) is 3.30. The topological polar surface area (TPSA) is 67.2 Å². The minimum absolute atomic E-state index is 0.0159. The summed E-state index contributed by atoms with van der Waals surface area (Å²) < 4.78 is 3.35. The summed E-state index contributed by atoms with van der Waals surface area (Å²) >= 11 is 4.68. The van der Waals surface area contributed by atoms with E-state index in [0.717, 1.165) is 17.3 Å². The maximum absolute atomic E-state index is 13.2. The van der Waals surface area contributed by atoms with E-state index >= 15 is 0 Å². The molecule has 5 rings (SSSR count). The van der Waals surface area contributed by atoms with Crippen molar-refractivity contribution in [1.29, 1.82) is 0 Å². The SMILES string of the molecule is O=C1CSc2sc3c(=O)n(C[C@@H](c4cccs4)N4CCCCC4)cnc3c2N1. The second kappa shape index (κ2) is 7.62. The summed E-state index contributed by atoms with van der Waals surface area (Å²) in [6.07, 6.45) is 5.35. The molecule has 146 valence electrons. The van der Waals surface area contributed by atoms with Crippen LogP contribution in [0.25, 0.3) is 10.2 Å². The van der Waals surface area contributed by atoms with Gasteiger partial charge in [0.1, 0.15) is 10.2 Å². The lowest BCUT2D eigenvalue weighted by molar-refractivity contribution is -0.113. The Kier molecular flexibility index (Phi) is 5.00. The zero-order valence-electron chi connectivity index (χ0n) is 15.2. The molecule has 0 spiro atoms. The van der Waals surface area contributed by atoms with E-state index in [1.54, 1.807) is 22.2 Å². The molecule has 9 heteroatoms. The number of piperidine rings is 1. The van der Waals surface area contributed by atoms with Crippen molar-refractivity contribution in [1.82, 2.24) is 14.5 Å². The van der Waals surface area contributed by atoms with Crippen LogP contribution in [0.3, 0.4) is 0 Å². The number of anilines is 1. The first-order chi connectivity index (χ1) is 13.7. The number of thiophene rings is 2. The number of nitrogens with zero attached hydrogens (tertiary/aromatic N) is 3. The predicted octanol–water partition coefficient (Wildman–Crippen LogP) is 3.79. The lowest BCUT2D eigenvalue weighted by Gasteiger charge is -2.34. The van der Waals surface area contributed by atoms with E-state index in [0.29, 0.717) is 28.2 Å². The van der Waals surface area contributed by atoms with Gasteiger partial charge in [0.2, 0.25) is 5.91 Å². The van der Waals surface area contributed by atoms with Crippen molar-refractivity contribution >= 4 is 56.2 Å². The molecular weight excluding hydrogens is 412 g/mol. The van der Waals surface area contributed by atoms with Gasteiger partial charge in [-0.15, -0.1) is 34.4 Å². The maximum atomic E-state index is 13.2. The number of carbonyl (C=O) groups is 1. The molecule has 2 aliphatic rings. The molecule has 0 bridgehead atoms. The van der Waals surface area contributed by atoms with Crippen LogP contribution in [0.2, 0.25) is 0 Å². The van der Waals surface area contributed by atoms with Crippen LogP contribution in [0.1, 0.15) is 30.2 Å². The Balaban J connectivity index is 1.52. The summed E-state index contributed by atoms with van der Waals surface area (Å²) in [4.78, 5) is 33.3. The molecular formula is C19H20N4O2S3.